The first kappa shape index (κ1) is 15.2. The van der Waals surface area contributed by atoms with E-state index in [1.807, 2.05) is 27.7 Å². The second kappa shape index (κ2) is 5.89. The van der Waals surface area contributed by atoms with E-state index >= 15 is 0 Å². The third kappa shape index (κ3) is 4.82. The third-order valence-corrected chi connectivity index (χ3v) is 3.05. The maximum atomic E-state index is 11.8. The van der Waals surface area contributed by atoms with E-state index in [9.17, 15) is 9.90 Å². The number of likely N-dealkylation sites (tertiary alicyclic amines) is 1. The van der Waals surface area contributed by atoms with Crippen LogP contribution in [0.15, 0.2) is 0 Å². The number of ether oxygens (including phenoxy) is 1. The van der Waals surface area contributed by atoms with E-state index in [1.54, 1.807) is 4.90 Å². The summed E-state index contributed by atoms with van der Waals surface area (Å²) in [7, 11) is 0. The molecule has 5 heteroatoms. The van der Waals surface area contributed by atoms with Crippen molar-refractivity contribution >= 4 is 6.09 Å². The van der Waals surface area contributed by atoms with Crippen LogP contribution in [-0.2, 0) is 4.74 Å². The zero-order valence-corrected chi connectivity index (χ0v) is 12.0. The van der Waals surface area contributed by atoms with Crippen LogP contribution >= 0.6 is 0 Å². The van der Waals surface area contributed by atoms with Crippen molar-refractivity contribution in [3.8, 4) is 0 Å². The van der Waals surface area contributed by atoms with Crippen molar-refractivity contribution in [2.24, 2.45) is 0 Å². The lowest BCUT2D eigenvalue weighted by atomic mass is 9.91. The van der Waals surface area contributed by atoms with Crippen molar-refractivity contribution in [1.29, 1.82) is 0 Å². The van der Waals surface area contributed by atoms with Crippen LogP contribution < -0.4 is 5.32 Å². The predicted octanol–water partition coefficient (Wildman–Crippen LogP) is 1.36. The van der Waals surface area contributed by atoms with E-state index in [4.69, 9.17) is 4.74 Å². The number of piperidine rings is 1. The molecule has 0 atom stereocenters. The summed E-state index contributed by atoms with van der Waals surface area (Å²) in [6, 6.07) is 0. The lowest BCUT2D eigenvalue weighted by Crippen LogP contribution is -2.52. The number of nitrogens with one attached hydrogen (secondary N) is 1. The smallest absolute Gasteiger partial charge is 0.410 e. The molecule has 0 spiro atoms. The summed E-state index contributed by atoms with van der Waals surface area (Å²) in [5, 5.41) is 13.4. The van der Waals surface area contributed by atoms with Gasteiger partial charge in [-0.25, -0.2) is 4.79 Å². The Morgan fingerprint density at radius 1 is 1.39 bits per heavy atom. The van der Waals surface area contributed by atoms with E-state index in [0.29, 0.717) is 32.5 Å². The Hall–Kier alpha value is -0.810. The van der Waals surface area contributed by atoms with Gasteiger partial charge in [0.2, 0.25) is 0 Å². The second-order valence-electron chi connectivity index (χ2n) is 5.97. The highest BCUT2D eigenvalue weighted by molar-refractivity contribution is 5.68. The maximum Gasteiger partial charge on any atom is 0.410 e. The van der Waals surface area contributed by atoms with Crippen LogP contribution in [0.25, 0.3) is 0 Å². The van der Waals surface area contributed by atoms with E-state index in [1.165, 1.54) is 0 Å². The molecular weight excluding hydrogens is 232 g/mol. The Balaban J connectivity index is 2.41. The molecule has 2 N–H and O–H groups in total. The fraction of sp³-hybridized carbons (Fsp3) is 0.923. The summed E-state index contributed by atoms with van der Waals surface area (Å²) in [5.41, 5.74) is -1.15. The molecule has 106 valence electrons. The Labute approximate surface area is 109 Å². The quantitative estimate of drug-likeness (QED) is 0.802. The molecule has 0 unspecified atom stereocenters. The van der Waals surface area contributed by atoms with Gasteiger partial charge in [0.25, 0.3) is 0 Å². The molecule has 0 saturated carbocycles. The minimum absolute atomic E-state index is 0.284. The van der Waals surface area contributed by atoms with Gasteiger partial charge in [-0.05, 0) is 40.2 Å². The van der Waals surface area contributed by atoms with Gasteiger partial charge < -0.3 is 20.1 Å². The molecule has 1 rings (SSSR count). The number of nitrogens with zero attached hydrogens (tertiary/aromatic N) is 1. The summed E-state index contributed by atoms with van der Waals surface area (Å²) in [5.74, 6) is 0. The van der Waals surface area contributed by atoms with Crippen LogP contribution in [0.5, 0.6) is 0 Å². The zero-order valence-electron chi connectivity index (χ0n) is 12.0. The van der Waals surface area contributed by atoms with Gasteiger partial charge in [-0.2, -0.15) is 0 Å². The summed E-state index contributed by atoms with van der Waals surface area (Å²) in [6.07, 6.45) is 0.909. The summed E-state index contributed by atoms with van der Waals surface area (Å²) in [4.78, 5) is 13.5. The average Bonchev–Trinajstić information content (AvgIpc) is 2.25. The normalized spacial score (nSPS) is 19.7. The first-order valence-corrected chi connectivity index (χ1v) is 6.67. The summed E-state index contributed by atoms with van der Waals surface area (Å²) >= 11 is 0. The van der Waals surface area contributed by atoms with Crippen LogP contribution in [0.1, 0.15) is 40.5 Å². The monoisotopic (exact) mass is 258 g/mol. The SMILES string of the molecule is CCNCC1(O)CCN(C(=O)OC(C)(C)C)CC1. The topological polar surface area (TPSA) is 61.8 Å². The lowest BCUT2D eigenvalue weighted by Gasteiger charge is -2.38. The number of hydrogen-bond acceptors (Lipinski definition) is 4. The zero-order chi connectivity index (χ0) is 13.8. The van der Waals surface area contributed by atoms with Gasteiger partial charge in [0.15, 0.2) is 0 Å². The number of amides is 1. The fourth-order valence-electron chi connectivity index (χ4n) is 1.97. The van der Waals surface area contributed by atoms with Gasteiger partial charge in [0.05, 0.1) is 5.60 Å². The molecule has 18 heavy (non-hydrogen) atoms. The van der Waals surface area contributed by atoms with E-state index in [2.05, 4.69) is 5.32 Å². The second-order valence-corrected chi connectivity index (χ2v) is 5.97. The lowest BCUT2D eigenvalue weighted by molar-refractivity contribution is -0.0306. The summed E-state index contributed by atoms with van der Waals surface area (Å²) < 4.78 is 5.32. The third-order valence-electron chi connectivity index (χ3n) is 3.05. The molecule has 1 saturated heterocycles. The molecule has 1 aliphatic rings. The first-order chi connectivity index (χ1) is 8.26. The predicted molar refractivity (Wildman–Crippen MR) is 70.5 cm³/mol. The van der Waals surface area contributed by atoms with Crippen LogP contribution in [0.4, 0.5) is 4.79 Å². The fourth-order valence-corrected chi connectivity index (χ4v) is 1.97. The van der Waals surface area contributed by atoms with Crippen LogP contribution in [-0.4, -0.2) is 53.5 Å². The Kier molecular flexibility index (Phi) is 4.99. The van der Waals surface area contributed by atoms with Crippen molar-refractivity contribution in [2.75, 3.05) is 26.2 Å². The Bertz CT molecular complexity index is 278. The molecule has 0 aromatic heterocycles. The average molecular weight is 258 g/mol. The van der Waals surface area contributed by atoms with Crippen molar-refractivity contribution in [3.63, 3.8) is 0 Å². The molecule has 5 nitrogen and oxygen atoms in total. The number of hydrogen-bond donors (Lipinski definition) is 2. The first-order valence-electron chi connectivity index (χ1n) is 6.67. The van der Waals surface area contributed by atoms with Crippen LogP contribution in [0, 0.1) is 0 Å². The van der Waals surface area contributed by atoms with Crippen molar-refractivity contribution in [3.05, 3.63) is 0 Å². The molecule has 0 radical (unpaired) electrons. The van der Waals surface area contributed by atoms with Crippen molar-refractivity contribution in [1.82, 2.24) is 10.2 Å². The van der Waals surface area contributed by atoms with Gasteiger partial charge in [-0.15, -0.1) is 0 Å². The van der Waals surface area contributed by atoms with Gasteiger partial charge >= 0.3 is 6.09 Å². The number of carbonyl (C=O) groups excluding carboxylic acids is 1. The van der Waals surface area contributed by atoms with Gasteiger partial charge in [-0.1, -0.05) is 6.92 Å². The van der Waals surface area contributed by atoms with E-state index in [-0.39, 0.29) is 6.09 Å². The van der Waals surface area contributed by atoms with Crippen molar-refractivity contribution in [2.45, 2.75) is 51.7 Å². The Morgan fingerprint density at radius 3 is 2.39 bits per heavy atom. The molecule has 1 amide bonds. The standard InChI is InChI=1S/C13H26N2O3/c1-5-14-10-13(17)6-8-15(9-7-13)11(16)18-12(2,3)4/h14,17H,5-10H2,1-4H3. The van der Waals surface area contributed by atoms with Crippen molar-refractivity contribution < 1.29 is 14.6 Å². The minimum Gasteiger partial charge on any atom is -0.444 e. The van der Waals surface area contributed by atoms with Crippen LogP contribution in [0.2, 0.25) is 0 Å². The highest BCUT2D eigenvalue weighted by Gasteiger charge is 2.34. The van der Waals surface area contributed by atoms with Gasteiger partial charge in [0, 0.05) is 19.6 Å². The molecule has 1 fully saturated rings. The van der Waals surface area contributed by atoms with Gasteiger partial charge in [-0.3, -0.25) is 0 Å². The van der Waals surface area contributed by atoms with E-state index < -0.39 is 11.2 Å². The molecular formula is C13H26N2O3. The molecule has 1 heterocycles. The number of rotatable bonds is 3. The molecule has 1 aliphatic heterocycles. The number of likely N-dealkylation sites (N-methyl/N-ethyl adjacent to an activating group) is 1. The highest BCUT2D eigenvalue weighted by atomic mass is 16.6. The minimum atomic E-state index is -0.686. The maximum absolute atomic E-state index is 11.8. The Morgan fingerprint density at radius 2 is 1.94 bits per heavy atom. The highest BCUT2D eigenvalue weighted by Crippen LogP contribution is 2.22. The van der Waals surface area contributed by atoms with Gasteiger partial charge in [0.1, 0.15) is 5.60 Å². The van der Waals surface area contributed by atoms with E-state index in [0.717, 1.165) is 6.54 Å². The number of carbonyl (C=O) groups is 1. The molecule has 0 aromatic carbocycles. The largest absolute Gasteiger partial charge is 0.444 e. The molecule has 0 bridgehead atoms. The van der Waals surface area contributed by atoms with Crippen LogP contribution in [0.3, 0.4) is 0 Å². The molecule has 0 aromatic rings. The molecule has 0 aliphatic carbocycles. The number of aliphatic hydroxyl groups is 1. The summed E-state index contributed by atoms with van der Waals surface area (Å²) in [6.45, 7) is 10.1.